The largest absolute Gasteiger partial charge is 0.483 e. The quantitative estimate of drug-likeness (QED) is 0.826. The van der Waals surface area contributed by atoms with Crippen LogP contribution in [0.4, 0.5) is 5.69 Å². The summed E-state index contributed by atoms with van der Waals surface area (Å²) in [6.45, 7) is -0.114. The molecular weight excluding hydrogens is 400 g/mol. The van der Waals surface area contributed by atoms with Crippen LogP contribution in [0.2, 0.25) is 0 Å². The highest BCUT2D eigenvalue weighted by atomic mass is 79.9. The molecule has 0 bridgehead atoms. The van der Waals surface area contributed by atoms with Gasteiger partial charge in [0.15, 0.2) is 6.61 Å². The lowest BCUT2D eigenvalue weighted by Gasteiger charge is -2.09. The Kier molecular flexibility index (Phi) is 5.37. The first-order valence-corrected chi connectivity index (χ1v) is 7.55. The molecule has 0 unspecified atom stereocenters. The third kappa shape index (κ3) is 4.59. The van der Waals surface area contributed by atoms with Crippen molar-refractivity contribution in [2.75, 3.05) is 11.9 Å². The maximum absolute atomic E-state index is 11.8. The molecule has 2 aromatic carbocycles. The molecule has 4 nitrogen and oxygen atoms in total. The summed E-state index contributed by atoms with van der Waals surface area (Å²) in [7, 11) is 0. The standard InChI is InChI=1S/C15H10Br2N2O2/c16-11-4-5-14(13(17)7-11)21-9-15(20)19-12-3-1-2-10(6-12)8-18/h1-7H,9H2,(H,19,20). The number of benzene rings is 2. The Morgan fingerprint density at radius 1 is 1.24 bits per heavy atom. The molecule has 2 rings (SSSR count). The summed E-state index contributed by atoms with van der Waals surface area (Å²) in [5.74, 6) is 0.291. The molecule has 6 heteroatoms. The smallest absolute Gasteiger partial charge is 0.262 e. The van der Waals surface area contributed by atoms with Crippen LogP contribution >= 0.6 is 31.9 Å². The van der Waals surface area contributed by atoms with Crippen molar-refractivity contribution in [3.8, 4) is 11.8 Å². The number of carbonyl (C=O) groups is 1. The van der Waals surface area contributed by atoms with E-state index in [1.54, 1.807) is 30.3 Å². The molecule has 0 saturated heterocycles. The van der Waals surface area contributed by atoms with Crippen molar-refractivity contribution in [3.05, 3.63) is 57.0 Å². The number of hydrogen-bond acceptors (Lipinski definition) is 3. The second-order valence-electron chi connectivity index (χ2n) is 4.10. The van der Waals surface area contributed by atoms with Crippen LogP contribution in [-0.2, 0) is 4.79 Å². The van der Waals surface area contributed by atoms with Gasteiger partial charge in [-0.2, -0.15) is 5.26 Å². The lowest BCUT2D eigenvalue weighted by atomic mass is 10.2. The fraction of sp³-hybridized carbons (Fsp3) is 0.0667. The molecule has 2 aromatic rings. The van der Waals surface area contributed by atoms with Crippen molar-refractivity contribution < 1.29 is 9.53 Å². The van der Waals surface area contributed by atoms with E-state index in [9.17, 15) is 4.79 Å². The Hall–Kier alpha value is -1.84. The molecule has 0 heterocycles. The van der Waals surface area contributed by atoms with Crippen LogP contribution in [0.25, 0.3) is 0 Å². The van der Waals surface area contributed by atoms with Crippen LogP contribution in [-0.4, -0.2) is 12.5 Å². The number of anilines is 1. The Morgan fingerprint density at radius 2 is 2.05 bits per heavy atom. The van der Waals surface area contributed by atoms with Gasteiger partial charge in [-0.15, -0.1) is 0 Å². The molecule has 0 fully saturated rings. The number of hydrogen-bond donors (Lipinski definition) is 1. The Balaban J connectivity index is 1.94. The zero-order valence-corrected chi connectivity index (χ0v) is 13.9. The highest BCUT2D eigenvalue weighted by Gasteiger charge is 2.07. The number of rotatable bonds is 4. The molecule has 0 aliphatic heterocycles. The van der Waals surface area contributed by atoms with E-state index in [1.165, 1.54) is 0 Å². The molecule has 0 saturated carbocycles. The van der Waals surface area contributed by atoms with E-state index in [1.807, 2.05) is 18.2 Å². The van der Waals surface area contributed by atoms with Crippen molar-refractivity contribution in [1.29, 1.82) is 5.26 Å². The van der Waals surface area contributed by atoms with Crippen molar-refractivity contribution >= 4 is 43.5 Å². The number of nitriles is 1. The molecule has 106 valence electrons. The minimum atomic E-state index is -0.292. The minimum absolute atomic E-state index is 0.114. The lowest BCUT2D eigenvalue weighted by molar-refractivity contribution is -0.118. The maximum Gasteiger partial charge on any atom is 0.262 e. The van der Waals surface area contributed by atoms with E-state index >= 15 is 0 Å². The summed E-state index contributed by atoms with van der Waals surface area (Å²) in [5, 5.41) is 11.5. The third-order valence-corrected chi connectivity index (χ3v) is 3.64. The minimum Gasteiger partial charge on any atom is -0.483 e. The van der Waals surface area contributed by atoms with E-state index < -0.39 is 0 Å². The van der Waals surface area contributed by atoms with Crippen molar-refractivity contribution in [3.63, 3.8) is 0 Å². The van der Waals surface area contributed by atoms with Crippen LogP contribution in [0.5, 0.6) is 5.75 Å². The molecule has 0 aliphatic carbocycles. The van der Waals surface area contributed by atoms with Crippen LogP contribution in [0.1, 0.15) is 5.56 Å². The molecule has 0 aliphatic rings. The molecule has 0 spiro atoms. The van der Waals surface area contributed by atoms with Gasteiger partial charge in [-0.1, -0.05) is 22.0 Å². The molecular formula is C15H10Br2N2O2. The molecule has 0 radical (unpaired) electrons. The average Bonchev–Trinajstić information content (AvgIpc) is 2.46. The van der Waals surface area contributed by atoms with Gasteiger partial charge in [0.05, 0.1) is 16.1 Å². The van der Waals surface area contributed by atoms with E-state index in [-0.39, 0.29) is 12.5 Å². The average molecular weight is 410 g/mol. The second-order valence-corrected chi connectivity index (χ2v) is 5.87. The van der Waals surface area contributed by atoms with Gasteiger partial charge in [-0.3, -0.25) is 4.79 Å². The number of nitrogens with one attached hydrogen (secondary N) is 1. The van der Waals surface area contributed by atoms with Crippen LogP contribution < -0.4 is 10.1 Å². The maximum atomic E-state index is 11.8. The second kappa shape index (κ2) is 7.25. The fourth-order valence-electron chi connectivity index (χ4n) is 1.60. The normalized spacial score (nSPS) is 9.76. The van der Waals surface area contributed by atoms with Gasteiger partial charge in [0, 0.05) is 10.2 Å². The van der Waals surface area contributed by atoms with Crippen LogP contribution in [0.15, 0.2) is 51.4 Å². The van der Waals surface area contributed by atoms with Gasteiger partial charge in [-0.05, 0) is 52.3 Å². The lowest BCUT2D eigenvalue weighted by Crippen LogP contribution is -2.20. The SMILES string of the molecule is N#Cc1cccc(NC(=O)COc2ccc(Br)cc2Br)c1. The monoisotopic (exact) mass is 408 g/mol. The number of carbonyl (C=O) groups excluding carboxylic acids is 1. The number of amides is 1. The van der Waals surface area contributed by atoms with Gasteiger partial charge < -0.3 is 10.1 Å². The first-order valence-electron chi connectivity index (χ1n) is 5.96. The predicted octanol–water partition coefficient (Wildman–Crippen LogP) is 4.10. The molecule has 21 heavy (non-hydrogen) atoms. The van der Waals surface area contributed by atoms with Crippen molar-refractivity contribution in [2.45, 2.75) is 0 Å². The van der Waals surface area contributed by atoms with Gasteiger partial charge in [-0.25, -0.2) is 0 Å². The number of ether oxygens (including phenoxy) is 1. The van der Waals surface area contributed by atoms with Crippen molar-refractivity contribution in [2.24, 2.45) is 0 Å². The van der Waals surface area contributed by atoms with Crippen molar-refractivity contribution in [1.82, 2.24) is 0 Å². The molecule has 0 atom stereocenters. The van der Waals surface area contributed by atoms with Gasteiger partial charge in [0.2, 0.25) is 0 Å². The van der Waals surface area contributed by atoms with E-state index in [0.29, 0.717) is 17.0 Å². The summed E-state index contributed by atoms with van der Waals surface area (Å²) in [4.78, 5) is 11.8. The Morgan fingerprint density at radius 3 is 2.76 bits per heavy atom. The fourth-order valence-corrected chi connectivity index (χ4v) is 2.76. The van der Waals surface area contributed by atoms with Crippen LogP contribution in [0, 0.1) is 11.3 Å². The van der Waals surface area contributed by atoms with Gasteiger partial charge >= 0.3 is 0 Å². The number of halogens is 2. The first-order chi connectivity index (χ1) is 10.1. The van der Waals surface area contributed by atoms with E-state index in [4.69, 9.17) is 10.00 Å². The predicted molar refractivity (Wildman–Crippen MR) is 87.1 cm³/mol. The highest BCUT2D eigenvalue weighted by Crippen LogP contribution is 2.28. The molecule has 0 aromatic heterocycles. The van der Waals surface area contributed by atoms with Gasteiger partial charge in [0.1, 0.15) is 5.75 Å². The summed E-state index contributed by atoms with van der Waals surface area (Å²) in [6.07, 6.45) is 0. The molecule has 1 N–H and O–H groups in total. The van der Waals surface area contributed by atoms with E-state index in [0.717, 1.165) is 8.95 Å². The highest BCUT2D eigenvalue weighted by molar-refractivity contribution is 9.11. The third-order valence-electron chi connectivity index (χ3n) is 2.53. The Bertz CT molecular complexity index is 711. The summed E-state index contributed by atoms with van der Waals surface area (Å²) >= 11 is 6.70. The topological polar surface area (TPSA) is 62.1 Å². The number of nitrogens with zero attached hydrogens (tertiary/aromatic N) is 1. The molecule has 1 amide bonds. The summed E-state index contributed by atoms with van der Waals surface area (Å²) in [6, 6.07) is 14.1. The van der Waals surface area contributed by atoms with Gasteiger partial charge in [0.25, 0.3) is 5.91 Å². The van der Waals surface area contributed by atoms with Crippen LogP contribution in [0.3, 0.4) is 0 Å². The summed E-state index contributed by atoms with van der Waals surface area (Å²) in [5.41, 5.74) is 1.06. The van der Waals surface area contributed by atoms with E-state index in [2.05, 4.69) is 37.2 Å². The summed E-state index contributed by atoms with van der Waals surface area (Å²) < 4.78 is 7.11. The Labute approximate surface area is 139 Å². The first kappa shape index (κ1) is 15.5. The zero-order valence-electron chi connectivity index (χ0n) is 10.8. The zero-order chi connectivity index (χ0) is 15.2.